The normalized spacial score (nSPS) is 12.2. The van der Waals surface area contributed by atoms with Crippen LogP contribution in [-0.2, 0) is 0 Å². The highest BCUT2D eigenvalue weighted by Crippen LogP contribution is 2.31. The van der Waals surface area contributed by atoms with Crippen molar-refractivity contribution in [3.05, 3.63) is 93.6 Å². The third-order valence-electron chi connectivity index (χ3n) is 5.35. The molecule has 0 aliphatic carbocycles. The van der Waals surface area contributed by atoms with Gasteiger partial charge in [0.2, 0.25) is 5.43 Å². The highest BCUT2D eigenvalue weighted by atomic mass is 35.5. The Bertz CT molecular complexity index is 1580. The highest BCUT2D eigenvalue weighted by molar-refractivity contribution is 6.35. The number of nitrogens with two attached hydrogens (primary N) is 1. The Kier molecular flexibility index (Phi) is 5.07. The second-order valence-electron chi connectivity index (χ2n) is 7.49. The van der Waals surface area contributed by atoms with E-state index in [0.29, 0.717) is 33.1 Å². The number of carbonyl (C=O) groups excluding carboxylic acids is 1. The Morgan fingerprint density at radius 1 is 1.15 bits per heavy atom. The Labute approximate surface area is 192 Å². The van der Waals surface area contributed by atoms with Crippen molar-refractivity contribution in [2.45, 2.75) is 13.0 Å². The summed E-state index contributed by atoms with van der Waals surface area (Å²) in [6.07, 6.45) is 3.20. The van der Waals surface area contributed by atoms with E-state index in [2.05, 4.69) is 15.4 Å². The summed E-state index contributed by atoms with van der Waals surface area (Å²) in [5.74, 6) is -0.132. The molecule has 5 aromatic rings. The second-order valence-corrected chi connectivity index (χ2v) is 7.90. The Hall–Kier alpha value is -4.17. The minimum atomic E-state index is -0.679. The number of nitrogens with zero attached hydrogens (tertiary/aromatic N) is 3. The lowest BCUT2D eigenvalue weighted by molar-refractivity contribution is 0.0938. The lowest BCUT2D eigenvalue weighted by Gasteiger charge is -2.17. The molecule has 0 radical (unpaired) electrons. The van der Waals surface area contributed by atoms with Crippen LogP contribution in [0.15, 0.2) is 76.2 Å². The lowest BCUT2D eigenvalue weighted by Crippen LogP contribution is -2.28. The lowest BCUT2D eigenvalue weighted by atomic mass is 9.99. The van der Waals surface area contributed by atoms with Crippen molar-refractivity contribution in [1.29, 1.82) is 0 Å². The molecule has 0 saturated heterocycles. The summed E-state index contributed by atoms with van der Waals surface area (Å²) >= 11 is 6.32. The molecule has 3 aromatic heterocycles. The molecule has 0 fully saturated rings. The summed E-state index contributed by atoms with van der Waals surface area (Å²) in [5.41, 5.74) is 7.50. The smallest absolute Gasteiger partial charge is 0.259 e. The highest BCUT2D eigenvalue weighted by Gasteiger charge is 2.26. The van der Waals surface area contributed by atoms with Crippen LogP contribution in [0, 0.1) is 0 Å². The average Bonchev–Trinajstić information content (AvgIpc) is 3.15. The number of hydrogen-bond acceptors (Lipinski definition) is 6. The minimum Gasteiger partial charge on any atom is -0.458 e. The molecular weight excluding hydrogens is 442 g/mol. The number of anilines is 1. The molecule has 1 atom stereocenters. The van der Waals surface area contributed by atoms with Gasteiger partial charge in [-0.2, -0.15) is 0 Å². The molecule has 9 heteroatoms. The van der Waals surface area contributed by atoms with Crippen LogP contribution in [0.2, 0.25) is 5.02 Å². The second kappa shape index (κ2) is 8.07. The predicted molar refractivity (Wildman–Crippen MR) is 126 cm³/mol. The fourth-order valence-electron chi connectivity index (χ4n) is 3.86. The van der Waals surface area contributed by atoms with Gasteiger partial charge in [0.15, 0.2) is 11.5 Å². The number of nitrogens with one attached hydrogen (secondary N) is 1. The third kappa shape index (κ3) is 3.50. The van der Waals surface area contributed by atoms with Gasteiger partial charge in [-0.25, -0.2) is 9.50 Å². The first-order valence-corrected chi connectivity index (χ1v) is 10.5. The Morgan fingerprint density at radius 2 is 1.94 bits per heavy atom. The summed E-state index contributed by atoms with van der Waals surface area (Å²) in [4.78, 5) is 30.9. The molecule has 3 N–H and O–H groups in total. The fourth-order valence-corrected chi connectivity index (χ4v) is 4.11. The van der Waals surface area contributed by atoms with Gasteiger partial charge < -0.3 is 15.5 Å². The molecule has 5 rings (SSSR count). The number of rotatable bonds is 4. The van der Waals surface area contributed by atoms with Crippen molar-refractivity contribution in [3.63, 3.8) is 0 Å². The van der Waals surface area contributed by atoms with E-state index in [1.165, 1.54) is 4.52 Å². The van der Waals surface area contributed by atoms with Crippen LogP contribution in [-0.4, -0.2) is 20.5 Å². The van der Waals surface area contributed by atoms with E-state index >= 15 is 0 Å². The van der Waals surface area contributed by atoms with Gasteiger partial charge >= 0.3 is 0 Å². The average molecular weight is 460 g/mol. The van der Waals surface area contributed by atoms with E-state index in [0.717, 1.165) is 0 Å². The van der Waals surface area contributed by atoms with Gasteiger partial charge in [0.1, 0.15) is 16.9 Å². The van der Waals surface area contributed by atoms with Crippen LogP contribution in [0.4, 0.5) is 5.82 Å². The standard InChI is InChI=1S/C24H18ClN5O3/c1-13(28-24(32)19-22(26)29-30-12-6-11-27-23(19)30)21-17(14-7-3-2-4-8-14)20(31)18-15(25)9-5-10-16(18)33-21/h2-13H,1H3,(H2,26,29)(H,28,32). The van der Waals surface area contributed by atoms with Crippen molar-refractivity contribution in [2.24, 2.45) is 0 Å². The largest absolute Gasteiger partial charge is 0.458 e. The van der Waals surface area contributed by atoms with E-state index in [-0.39, 0.29) is 22.2 Å². The predicted octanol–water partition coefficient (Wildman–Crippen LogP) is 4.23. The van der Waals surface area contributed by atoms with Crippen molar-refractivity contribution < 1.29 is 9.21 Å². The molecule has 8 nitrogen and oxygen atoms in total. The number of halogens is 1. The monoisotopic (exact) mass is 459 g/mol. The third-order valence-corrected chi connectivity index (χ3v) is 5.66. The van der Waals surface area contributed by atoms with Gasteiger partial charge in [-0.15, -0.1) is 5.10 Å². The summed E-state index contributed by atoms with van der Waals surface area (Å²) < 4.78 is 7.57. The number of hydrogen-bond donors (Lipinski definition) is 2. The first kappa shape index (κ1) is 20.7. The molecule has 0 bridgehead atoms. The summed E-state index contributed by atoms with van der Waals surface area (Å²) in [6, 6.07) is 15.1. The van der Waals surface area contributed by atoms with Crippen LogP contribution < -0.4 is 16.5 Å². The zero-order chi connectivity index (χ0) is 23.1. The fraction of sp³-hybridized carbons (Fsp3) is 0.0833. The number of carbonyl (C=O) groups is 1. The number of benzene rings is 2. The summed E-state index contributed by atoms with van der Waals surface area (Å²) in [7, 11) is 0. The van der Waals surface area contributed by atoms with Gasteiger partial charge in [0, 0.05) is 12.4 Å². The van der Waals surface area contributed by atoms with E-state index in [9.17, 15) is 9.59 Å². The molecule has 0 saturated carbocycles. The van der Waals surface area contributed by atoms with E-state index in [4.69, 9.17) is 21.8 Å². The summed E-state index contributed by atoms with van der Waals surface area (Å²) in [6.45, 7) is 1.73. The van der Waals surface area contributed by atoms with Crippen LogP contribution in [0.1, 0.15) is 29.1 Å². The molecule has 3 heterocycles. The molecule has 33 heavy (non-hydrogen) atoms. The minimum absolute atomic E-state index is 0.0495. The van der Waals surface area contributed by atoms with E-state index in [1.807, 2.05) is 18.2 Å². The van der Waals surface area contributed by atoms with Gasteiger partial charge in [-0.1, -0.05) is 48.0 Å². The number of nitrogen functional groups attached to an aromatic ring is 1. The number of amides is 1. The maximum atomic E-state index is 13.5. The molecule has 1 amide bonds. The molecule has 164 valence electrons. The maximum absolute atomic E-state index is 13.5. The van der Waals surface area contributed by atoms with Gasteiger partial charge in [-0.05, 0) is 30.7 Å². The summed E-state index contributed by atoms with van der Waals surface area (Å²) in [5, 5.41) is 7.58. The first-order chi connectivity index (χ1) is 16.0. The van der Waals surface area contributed by atoms with Crippen molar-refractivity contribution in [1.82, 2.24) is 19.9 Å². The van der Waals surface area contributed by atoms with Crippen LogP contribution >= 0.6 is 11.6 Å². The van der Waals surface area contributed by atoms with Crippen LogP contribution in [0.5, 0.6) is 0 Å². The zero-order valence-corrected chi connectivity index (χ0v) is 18.2. The zero-order valence-electron chi connectivity index (χ0n) is 17.4. The van der Waals surface area contributed by atoms with Crippen LogP contribution in [0.3, 0.4) is 0 Å². The van der Waals surface area contributed by atoms with Crippen LogP contribution in [0.25, 0.3) is 27.7 Å². The SMILES string of the molecule is CC(NC(=O)c1c(N)nn2cccnc12)c1oc2cccc(Cl)c2c(=O)c1-c1ccccc1. The molecule has 0 aliphatic heterocycles. The Balaban J connectivity index is 1.64. The number of aromatic nitrogens is 3. The topological polar surface area (TPSA) is 116 Å². The molecule has 0 aliphatic rings. The van der Waals surface area contributed by atoms with Crippen molar-refractivity contribution in [2.75, 3.05) is 5.73 Å². The number of fused-ring (bicyclic) bond motifs is 2. The van der Waals surface area contributed by atoms with Gasteiger partial charge in [0.05, 0.1) is 22.0 Å². The maximum Gasteiger partial charge on any atom is 0.259 e. The molecular formula is C24H18ClN5O3. The first-order valence-electron chi connectivity index (χ1n) is 10.2. The molecule has 0 spiro atoms. The molecule has 2 aromatic carbocycles. The van der Waals surface area contributed by atoms with Crippen molar-refractivity contribution >= 4 is 39.9 Å². The van der Waals surface area contributed by atoms with Gasteiger partial charge in [0.25, 0.3) is 5.91 Å². The van der Waals surface area contributed by atoms with E-state index < -0.39 is 11.9 Å². The quantitative estimate of drug-likeness (QED) is 0.415. The van der Waals surface area contributed by atoms with E-state index in [1.54, 1.807) is 55.7 Å². The Morgan fingerprint density at radius 3 is 2.73 bits per heavy atom. The molecule has 1 unspecified atom stereocenters. The van der Waals surface area contributed by atoms with Gasteiger partial charge in [-0.3, -0.25) is 9.59 Å². The van der Waals surface area contributed by atoms with Crippen molar-refractivity contribution in [3.8, 4) is 11.1 Å².